The van der Waals surface area contributed by atoms with Crippen LogP contribution in [0.1, 0.15) is 42.5 Å². The molecule has 5 nitrogen and oxygen atoms in total. The fraction of sp³-hybridized carbons (Fsp3) is 0.278. The van der Waals surface area contributed by atoms with Crippen LogP contribution in [-0.2, 0) is 33.6 Å². The van der Waals surface area contributed by atoms with Crippen LogP contribution in [0.15, 0.2) is 126 Å². The van der Waals surface area contributed by atoms with Gasteiger partial charge in [-0.05, 0) is 42.5 Å². The first kappa shape index (κ1) is 27.0. The molecule has 0 saturated carbocycles. The van der Waals surface area contributed by atoms with E-state index in [1.54, 1.807) is 0 Å². The molecule has 2 aliphatic heterocycles. The van der Waals surface area contributed by atoms with Crippen LogP contribution < -0.4 is 0 Å². The van der Waals surface area contributed by atoms with E-state index in [0.29, 0.717) is 25.7 Å². The predicted octanol–water partition coefficient (Wildman–Crippen LogP) is 6.61. The molecule has 0 N–H and O–H groups in total. The van der Waals surface area contributed by atoms with Crippen LogP contribution in [0.2, 0.25) is 0 Å². The van der Waals surface area contributed by atoms with Gasteiger partial charge < -0.3 is 14.5 Å². The number of hydrogen-bond donors (Lipinski definition) is 0. The number of oxime groups is 1. The number of hydrogen-bond acceptors (Lipinski definition) is 4. The van der Waals surface area contributed by atoms with Gasteiger partial charge in [0.15, 0.2) is 5.72 Å². The van der Waals surface area contributed by atoms with Crippen molar-refractivity contribution in [3.05, 3.63) is 144 Å². The number of rotatable bonds is 8. The van der Waals surface area contributed by atoms with Gasteiger partial charge in [0, 0.05) is 19.3 Å². The maximum Gasteiger partial charge on any atom is 0.269 e. The molecule has 41 heavy (non-hydrogen) atoms. The minimum atomic E-state index is -0.915. The lowest BCUT2D eigenvalue weighted by molar-refractivity contribution is -0.167. The third kappa shape index (κ3) is 5.68. The number of nitrogens with zero attached hydrogens (tertiary/aromatic N) is 2. The van der Waals surface area contributed by atoms with Gasteiger partial charge in [0.25, 0.3) is 5.91 Å². The monoisotopic (exact) mass is 544 g/mol. The van der Waals surface area contributed by atoms with Gasteiger partial charge in [-0.2, -0.15) is 0 Å². The maximum atomic E-state index is 14.8. The van der Waals surface area contributed by atoms with E-state index in [4.69, 9.17) is 9.57 Å². The lowest BCUT2D eigenvalue weighted by Gasteiger charge is -2.40. The number of carbonyl (C=O) groups is 1. The Hall–Kier alpha value is -4.22. The van der Waals surface area contributed by atoms with Gasteiger partial charge in [-0.3, -0.25) is 4.79 Å². The minimum absolute atomic E-state index is 0.0851. The first-order chi connectivity index (χ1) is 19.9. The smallest absolute Gasteiger partial charge is 0.269 e. The van der Waals surface area contributed by atoms with Crippen LogP contribution in [0.4, 0.5) is 0 Å². The molecule has 0 spiro atoms. The van der Waals surface area contributed by atoms with Crippen molar-refractivity contribution in [2.45, 2.75) is 63.0 Å². The summed E-state index contributed by atoms with van der Waals surface area (Å²) in [4.78, 5) is 22.7. The van der Waals surface area contributed by atoms with Crippen LogP contribution in [0, 0.1) is 0 Å². The molecule has 1 fully saturated rings. The molecular weight excluding hydrogens is 508 g/mol. The Labute approximate surface area is 242 Å². The Bertz CT molecular complexity index is 1450. The Morgan fingerprint density at radius 3 is 1.78 bits per heavy atom. The molecule has 0 radical (unpaired) electrons. The summed E-state index contributed by atoms with van der Waals surface area (Å²) in [6.07, 6.45) is 1.49. The van der Waals surface area contributed by atoms with Gasteiger partial charge in [-0.15, -0.1) is 0 Å². The fourth-order valence-electron chi connectivity index (χ4n) is 6.33. The molecule has 6 rings (SSSR count). The van der Waals surface area contributed by atoms with Crippen molar-refractivity contribution in [3.8, 4) is 0 Å². The number of benzene rings is 4. The molecule has 0 bridgehead atoms. The van der Waals surface area contributed by atoms with E-state index in [2.05, 4.69) is 55.4 Å². The van der Waals surface area contributed by atoms with Crippen molar-refractivity contribution in [2.24, 2.45) is 5.16 Å². The van der Waals surface area contributed by atoms with Crippen molar-refractivity contribution in [1.82, 2.24) is 4.90 Å². The van der Waals surface area contributed by atoms with Gasteiger partial charge in [0.05, 0.1) is 17.4 Å². The van der Waals surface area contributed by atoms with Crippen molar-refractivity contribution in [3.63, 3.8) is 0 Å². The van der Waals surface area contributed by atoms with Crippen LogP contribution in [-0.4, -0.2) is 40.0 Å². The molecule has 5 heteroatoms. The SMILES string of the molecule is CC1(C)OC(Cc2ccccc2)(Cc2ccccc2)N(C(=O)[C@H]2CC(c3ccccc3)=NO2)[C@H]1Cc1ccccc1. The minimum Gasteiger partial charge on any atom is -0.382 e. The zero-order valence-electron chi connectivity index (χ0n) is 23.6. The number of amides is 1. The first-order valence-electron chi connectivity index (χ1n) is 14.4. The number of carbonyl (C=O) groups excluding carboxylic acids is 1. The summed E-state index contributed by atoms with van der Waals surface area (Å²) in [5, 5.41) is 4.37. The Morgan fingerprint density at radius 1 is 0.756 bits per heavy atom. The Balaban J connectivity index is 1.42. The molecule has 1 amide bonds. The molecule has 2 aliphatic rings. The van der Waals surface area contributed by atoms with Crippen molar-refractivity contribution in [1.29, 1.82) is 0 Å². The lowest BCUT2D eigenvalue weighted by Crippen LogP contribution is -2.58. The highest BCUT2D eigenvalue weighted by Crippen LogP contribution is 2.45. The van der Waals surface area contributed by atoms with E-state index < -0.39 is 17.4 Å². The van der Waals surface area contributed by atoms with Gasteiger partial charge in [0.1, 0.15) is 0 Å². The first-order valence-corrected chi connectivity index (χ1v) is 14.4. The van der Waals surface area contributed by atoms with E-state index in [9.17, 15) is 4.79 Å². The van der Waals surface area contributed by atoms with Crippen LogP contribution >= 0.6 is 0 Å². The largest absolute Gasteiger partial charge is 0.382 e. The molecule has 4 aromatic carbocycles. The lowest BCUT2D eigenvalue weighted by atomic mass is 9.89. The highest BCUT2D eigenvalue weighted by atomic mass is 16.6. The van der Waals surface area contributed by atoms with Crippen molar-refractivity contribution < 1.29 is 14.4 Å². The fourth-order valence-corrected chi connectivity index (χ4v) is 6.33. The molecule has 0 aliphatic carbocycles. The normalized spacial score (nSPS) is 20.8. The highest BCUT2D eigenvalue weighted by Gasteiger charge is 2.59. The van der Waals surface area contributed by atoms with E-state index in [-0.39, 0.29) is 11.9 Å². The zero-order chi connectivity index (χ0) is 28.3. The topological polar surface area (TPSA) is 51.1 Å². The van der Waals surface area contributed by atoms with Crippen molar-refractivity contribution in [2.75, 3.05) is 0 Å². The third-order valence-corrected chi connectivity index (χ3v) is 8.21. The maximum absolute atomic E-state index is 14.8. The van der Waals surface area contributed by atoms with E-state index >= 15 is 0 Å². The standard InChI is InChI=1S/C36H36N2O3/c1-35(2)33(23-27-15-7-3-8-16-27)38(34(39)32-24-31(37-40-32)30-21-13-6-14-22-30)36(41-35,25-28-17-9-4-10-18-28)26-29-19-11-5-12-20-29/h3-22,32-33H,23-26H2,1-2H3/t32-,33+/m1/s1. The second-order valence-electron chi connectivity index (χ2n) is 11.6. The van der Waals surface area contributed by atoms with Crippen LogP contribution in [0.25, 0.3) is 0 Å². The quantitative estimate of drug-likeness (QED) is 0.251. The van der Waals surface area contributed by atoms with Gasteiger partial charge in [-0.25, -0.2) is 0 Å². The van der Waals surface area contributed by atoms with Crippen LogP contribution in [0.5, 0.6) is 0 Å². The third-order valence-electron chi connectivity index (χ3n) is 8.21. The van der Waals surface area contributed by atoms with Gasteiger partial charge in [-0.1, -0.05) is 126 Å². The highest BCUT2D eigenvalue weighted by molar-refractivity contribution is 6.04. The molecule has 1 saturated heterocycles. The van der Waals surface area contributed by atoms with E-state index in [0.717, 1.165) is 28.0 Å². The molecule has 0 aromatic heterocycles. The average Bonchev–Trinajstić information content (AvgIpc) is 3.56. The molecule has 2 atom stereocenters. The molecule has 208 valence electrons. The summed E-state index contributed by atoms with van der Waals surface area (Å²) < 4.78 is 7.15. The van der Waals surface area contributed by atoms with Crippen LogP contribution in [0.3, 0.4) is 0 Å². The molecular formula is C36H36N2O3. The summed E-state index contributed by atoms with van der Waals surface area (Å²) in [7, 11) is 0. The second-order valence-corrected chi connectivity index (χ2v) is 11.6. The summed E-state index contributed by atoms with van der Waals surface area (Å²) in [6, 6.07) is 40.7. The summed E-state index contributed by atoms with van der Waals surface area (Å²) >= 11 is 0. The summed E-state index contributed by atoms with van der Waals surface area (Å²) in [5.74, 6) is -0.0851. The molecule has 0 unspecified atom stereocenters. The van der Waals surface area contributed by atoms with Gasteiger partial charge >= 0.3 is 0 Å². The van der Waals surface area contributed by atoms with E-state index in [1.807, 2.05) is 89.8 Å². The predicted molar refractivity (Wildman–Crippen MR) is 161 cm³/mol. The Morgan fingerprint density at radius 2 is 1.24 bits per heavy atom. The van der Waals surface area contributed by atoms with Crippen molar-refractivity contribution >= 4 is 11.6 Å². The second kappa shape index (κ2) is 11.3. The summed E-state index contributed by atoms with van der Waals surface area (Å²) in [6.45, 7) is 4.22. The zero-order valence-corrected chi connectivity index (χ0v) is 23.6. The van der Waals surface area contributed by atoms with Gasteiger partial charge in [0.2, 0.25) is 6.10 Å². The average molecular weight is 545 g/mol. The summed E-state index contributed by atoms with van der Waals surface area (Å²) in [5.41, 5.74) is 3.63. The van der Waals surface area contributed by atoms with E-state index in [1.165, 1.54) is 0 Å². The molecule has 2 heterocycles. The number of ether oxygens (including phenoxy) is 1. The molecule has 4 aromatic rings. The Kier molecular flexibility index (Phi) is 7.46.